The topological polar surface area (TPSA) is 52.4 Å². The van der Waals surface area contributed by atoms with Gasteiger partial charge in [0.25, 0.3) is 5.82 Å². The zero-order chi connectivity index (χ0) is 27.5. The van der Waals surface area contributed by atoms with Crippen molar-refractivity contribution in [1.29, 1.82) is 0 Å². The van der Waals surface area contributed by atoms with Crippen LogP contribution in [-0.4, -0.2) is 23.9 Å². The van der Waals surface area contributed by atoms with Crippen LogP contribution in [0.2, 0.25) is 0 Å². The lowest BCUT2D eigenvalue weighted by Gasteiger charge is -2.06. The van der Waals surface area contributed by atoms with Crippen LogP contribution in [0.4, 0.5) is 5.82 Å². The van der Waals surface area contributed by atoms with Crippen LogP contribution >= 0.6 is 0 Å². The molecule has 0 saturated heterocycles. The van der Waals surface area contributed by atoms with Gasteiger partial charge in [0, 0.05) is 43.9 Å². The molecule has 0 saturated carbocycles. The van der Waals surface area contributed by atoms with Gasteiger partial charge >= 0.3 is 5.95 Å². The maximum atomic E-state index is 7.91. The summed E-state index contributed by atoms with van der Waals surface area (Å²) in [5.74, 6) is 0.746. The van der Waals surface area contributed by atoms with Crippen LogP contribution in [0.3, 0.4) is 0 Å². The van der Waals surface area contributed by atoms with Crippen LogP contribution in [0.25, 0.3) is 92.5 Å². The molecule has 5 aromatic heterocycles. The van der Waals surface area contributed by atoms with E-state index in [2.05, 4.69) is 110 Å². The Kier molecular flexibility index (Phi) is 3.91. The Morgan fingerprint density at radius 2 is 1.31 bits per heavy atom. The molecule has 0 aliphatic carbocycles. The van der Waals surface area contributed by atoms with Gasteiger partial charge in [0.15, 0.2) is 5.65 Å². The largest absolute Gasteiger partial charge is 0.360 e. The third-order valence-corrected chi connectivity index (χ3v) is 8.74. The average Bonchev–Trinajstić information content (AvgIpc) is 3.68. The van der Waals surface area contributed by atoms with E-state index < -0.39 is 0 Å². The third kappa shape index (κ3) is 2.52. The summed E-state index contributed by atoms with van der Waals surface area (Å²) in [6, 6.07) is 36.1. The molecule has 192 valence electrons. The minimum atomic E-state index is 0.298. The lowest BCUT2D eigenvalue weighted by Crippen LogP contribution is -2.02. The van der Waals surface area contributed by atoms with Gasteiger partial charge in [0.05, 0.1) is 27.6 Å². The van der Waals surface area contributed by atoms with Crippen molar-refractivity contribution in [3.8, 4) is 5.95 Å². The zero-order valence-corrected chi connectivity index (χ0v) is 22.1. The molecule has 10 rings (SSSR count). The van der Waals surface area contributed by atoms with Crippen LogP contribution in [0.1, 0.15) is 0 Å². The summed E-state index contributed by atoms with van der Waals surface area (Å²) in [6.07, 6.45) is 1.71. The van der Waals surface area contributed by atoms with Crippen molar-refractivity contribution in [3.63, 3.8) is 0 Å². The molecular weight excluding hydrogens is 516 g/mol. The normalized spacial score (nSPS) is 12.3. The number of nitrogens with zero attached hydrogens (tertiary/aromatic N) is 6. The number of rotatable bonds is 1. The molecule has 0 unspecified atom stereocenters. The van der Waals surface area contributed by atoms with E-state index in [-0.39, 0.29) is 0 Å². The first kappa shape index (κ1) is 21.7. The summed E-state index contributed by atoms with van der Waals surface area (Å²) < 4.78 is 4.54. The van der Waals surface area contributed by atoms with Crippen molar-refractivity contribution in [1.82, 2.24) is 23.9 Å². The van der Waals surface area contributed by atoms with E-state index in [0.717, 1.165) is 21.8 Å². The fraction of sp³-hybridized carbons (Fsp3) is 0. The highest BCUT2D eigenvalue weighted by Crippen LogP contribution is 2.47. The molecule has 42 heavy (non-hydrogen) atoms. The molecule has 0 spiro atoms. The highest BCUT2D eigenvalue weighted by molar-refractivity contribution is 6.38. The molecule has 6 nitrogen and oxygen atoms in total. The maximum absolute atomic E-state index is 7.91. The fourth-order valence-electron chi connectivity index (χ4n) is 7.11. The summed E-state index contributed by atoms with van der Waals surface area (Å²) in [7, 11) is 0. The monoisotopic (exact) mass is 534 g/mol. The van der Waals surface area contributed by atoms with E-state index in [1.54, 1.807) is 6.20 Å². The van der Waals surface area contributed by atoms with Gasteiger partial charge in [-0.25, -0.2) is 4.98 Å². The second kappa shape index (κ2) is 7.57. The number of benzene rings is 5. The second-order valence-corrected chi connectivity index (χ2v) is 10.8. The Morgan fingerprint density at radius 1 is 0.571 bits per heavy atom. The fourth-order valence-corrected chi connectivity index (χ4v) is 7.11. The molecule has 0 aliphatic heterocycles. The summed E-state index contributed by atoms with van der Waals surface area (Å²) in [6.45, 7) is 7.91. The minimum Gasteiger partial charge on any atom is -0.360 e. The Bertz CT molecular complexity index is 2810. The molecule has 6 heteroatoms. The first-order valence-electron chi connectivity index (χ1n) is 13.8. The SMILES string of the molecule is [C-]#[N+]c1nc(-n2c3ccc4ccccc4c3c3c4c5ccccc5n5c6ccccc6c(cc32)c45)nc2ncccc12. The van der Waals surface area contributed by atoms with Crippen molar-refractivity contribution >= 4 is 87.5 Å². The number of aromatic nitrogens is 5. The number of pyridine rings is 1. The molecule has 0 fully saturated rings. The quantitative estimate of drug-likeness (QED) is 0.198. The Labute approximate surface area is 237 Å². The van der Waals surface area contributed by atoms with E-state index in [9.17, 15) is 0 Å². The Morgan fingerprint density at radius 3 is 2.17 bits per heavy atom. The molecule has 10 aromatic rings. The standard InChI is InChI=1S/C36H18N6/c1-37-34-24-13-8-18-38-35(24)40-36(39-34)42-28-17-16-20-9-2-3-10-21(20)30(28)32-29(42)19-25-22-11-4-6-14-26(22)41-27-15-7-5-12-23(27)31(32)33(25)41/h2-19H. The van der Waals surface area contributed by atoms with Gasteiger partial charge in [-0.05, 0) is 41.1 Å². The minimum absolute atomic E-state index is 0.298. The third-order valence-electron chi connectivity index (χ3n) is 8.74. The summed E-state index contributed by atoms with van der Waals surface area (Å²) in [5, 5.41) is 10.1. The van der Waals surface area contributed by atoms with Gasteiger partial charge in [-0.15, -0.1) is 0 Å². The molecular formula is C36H18N6. The predicted molar refractivity (Wildman–Crippen MR) is 170 cm³/mol. The zero-order valence-electron chi connectivity index (χ0n) is 22.1. The Balaban J connectivity index is 1.54. The number of para-hydroxylation sites is 2. The van der Waals surface area contributed by atoms with Crippen molar-refractivity contribution in [3.05, 3.63) is 121 Å². The van der Waals surface area contributed by atoms with Crippen molar-refractivity contribution in [2.45, 2.75) is 0 Å². The lowest BCUT2D eigenvalue weighted by atomic mass is 9.99. The predicted octanol–water partition coefficient (Wildman–Crippen LogP) is 8.98. The number of hydrogen-bond donors (Lipinski definition) is 0. The first-order valence-corrected chi connectivity index (χ1v) is 13.8. The second-order valence-electron chi connectivity index (χ2n) is 10.8. The van der Waals surface area contributed by atoms with E-state index in [1.165, 1.54) is 48.9 Å². The summed E-state index contributed by atoms with van der Waals surface area (Å²) >= 11 is 0. The van der Waals surface area contributed by atoms with Gasteiger partial charge in [-0.1, -0.05) is 84.4 Å². The van der Waals surface area contributed by atoms with Gasteiger partial charge in [0.1, 0.15) is 0 Å². The highest BCUT2D eigenvalue weighted by Gasteiger charge is 2.26. The number of hydrogen-bond acceptors (Lipinski definition) is 3. The van der Waals surface area contributed by atoms with E-state index in [4.69, 9.17) is 16.5 Å². The van der Waals surface area contributed by atoms with E-state index in [0.29, 0.717) is 22.8 Å². The molecule has 5 aromatic carbocycles. The molecule has 0 bridgehead atoms. The maximum Gasteiger partial charge on any atom is 0.333 e. The van der Waals surface area contributed by atoms with Gasteiger partial charge in [-0.3, -0.25) is 4.57 Å². The summed E-state index contributed by atoms with van der Waals surface area (Å²) in [4.78, 5) is 18.1. The van der Waals surface area contributed by atoms with E-state index >= 15 is 0 Å². The van der Waals surface area contributed by atoms with Gasteiger partial charge < -0.3 is 9.25 Å². The van der Waals surface area contributed by atoms with Crippen molar-refractivity contribution < 1.29 is 0 Å². The van der Waals surface area contributed by atoms with Crippen molar-refractivity contribution in [2.75, 3.05) is 0 Å². The molecule has 0 radical (unpaired) electrons. The molecule has 0 N–H and O–H groups in total. The molecule has 0 aliphatic rings. The van der Waals surface area contributed by atoms with Crippen LogP contribution in [0.5, 0.6) is 0 Å². The molecule has 0 atom stereocenters. The van der Waals surface area contributed by atoms with Crippen LogP contribution in [-0.2, 0) is 0 Å². The Hall–Kier alpha value is -6.06. The number of fused-ring (bicyclic) bond motifs is 13. The smallest absolute Gasteiger partial charge is 0.333 e. The highest BCUT2D eigenvalue weighted by atomic mass is 15.2. The van der Waals surface area contributed by atoms with Gasteiger partial charge in [0.2, 0.25) is 0 Å². The lowest BCUT2D eigenvalue weighted by molar-refractivity contribution is 1.01. The molecule has 5 heterocycles. The van der Waals surface area contributed by atoms with Crippen LogP contribution in [0.15, 0.2) is 109 Å². The van der Waals surface area contributed by atoms with Gasteiger partial charge in [-0.2, -0.15) is 4.98 Å². The molecule has 0 amide bonds. The van der Waals surface area contributed by atoms with Crippen molar-refractivity contribution in [2.24, 2.45) is 0 Å². The van der Waals surface area contributed by atoms with Crippen LogP contribution in [0, 0.1) is 6.57 Å². The summed E-state index contributed by atoms with van der Waals surface area (Å²) in [5.41, 5.74) is 6.12. The first-order chi connectivity index (χ1) is 20.8. The van der Waals surface area contributed by atoms with Crippen LogP contribution < -0.4 is 0 Å². The van der Waals surface area contributed by atoms with E-state index in [1.807, 2.05) is 12.1 Å². The average molecular weight is 535 g/mol.